The monoisotopic (exact) mass is 451 g/mol. The lowest BCUT2D eigenvalue weighted by Gasteiger charge is -2.35. The molecule has 0 unspecified atom stereocenters. The van der Waals surface area contributed by atoms with Gasteiger partial charge < -0.3 is 9.15 Å². The highest BCUT2D eigenvalue weighted by Gasteiger charge is 2.27. The summed E-state index contributed by atoms with van der Waals surface area (Å²) in [4.78, 5) is 13.9. The molecule has 0 spiro atoms. The fraction of sp³-hybridized carbons (Fsp3) is 0.350. The van der Waals surface area contributed by atoms with E-state index in [9.17, 15) is 13.2 Å². The number of aryl methyl sites for hydroxylation is 1. The lowest BCUT2D eigenvalue weighted by Crippen LogP contribution is -2.43. The smallest absolute Gasteiger partial charge is 0.408 e. The van der Waals surface area contributed by atoms with Crippen LogP contribution in [0.4, 0.5) is 0 Å². The quantitative estimate of drug-likeness (QED) is 0.617. The summed E-state index contributed by atoms with van der Waals surface area (Å²) in [5.41, 5.74) is 1.61. The zero-order valence-corrected chi connectivity index (χ0v) is 17.9. The highest BCUT2D eigenvalue weighted by Crippen LogP contribution is 2.28. The van der Waals surface area contributed by atoms with E-state index in [0.717, 1.165) is 5.56 Å². The van der Waals surface area contributed by atoms with Crippen LogP contribution >= 0.6 is 11.6 Å². The standard InChI is InChI=1S/C20H22ClN3O5S/c1-23-17-7-6-14(12-19(17)29-20(23)25)30(26,27)22-13-18(24-8-10-28-11-9-24)15-4-2-3-5-16(15)21/h2-7,12,18,22H,8-11,13H2,1H3/t18-/m0/s1. The first-order valence-corrected chi connectivity index (χ1v) is 11.4. The van der Waals surface area contributed by atoms with Crippen LogP contribution < -0.4 is 10.5 Å². The molecule has 1 aliphatic heterocycles. The van der Waals surface area contributed by atoms with E-state index >= 15 is 0 Å². The van der Waals surface area contributed by atoms with Gasteiger partial charge in [-0.15, -0.1) is 0 Å². The third-order valence-corrected chi connectivity index (χ3v) is 7.06. The number of nitrogens with zero attached hydrogens (tertiary/aromatic N) is 2. The molecule has 0 radical (unpaired) electrons. The maximum atomic E-state index is 13.0. The third-order valence-electron chi connectivity index (χ3n) is 5.29. The first-order valence-electron chi connectivity index (χ1n) is 9.52. The Kier molecular flexibility index (Phi) is 5.99. The minimum atomic E-state index is -3.83. The normalized spacial score (nSPS) is 16.7. The van der Waals surface area contributed by atoms with Crippen LogP contribution in [0, 0.1) is 0 Å². The summed E-state index contributed by atoms with van der Waals surface area (Å²) in [6.07, 6.45) is 0. The lowest BCUT2D eigenvalue weighted by molar-refractivity contribution is 0.0172. The minimum Gasteiger partial charge on any atom is -0.408 e. The van der Waals surface area contributed by atoms with E-state index in [-0.39, 0.29) is 23.1 Å². The van der Waals surface area contributed by atoms with E-state index in [4.69, 9.17) is 20.8 Å². The number of halogens is 1. The molecule has 4 rings (SSSR count). The van der Waals surface area contributed by atoms with E-state index in [1.165, 1.54) is 16.7 Å². The molecule has 1 aliphatic rings. The average molecular weight is 452 g/mol. The zero-order chi connectivity index (χ0) is 21.3. The summed E-state index contributed by atoms with van der Waals surface area (Å²) in [7, 11) is -2.27. The molecule has 1 atom stereocenters. The van der Waals surface area contributed by atoms with E-state index in [1.54, 1.807) is 19.2 Å². The fourth-order valence-corrected chi connectivity index (χ4v) is 4.94. The number of oxazole rings is 1. The molecule has 0 bridgehead atoms. The van der Waals surface area contributed by atoms with Gasteiger partial charge in [-0.2, -0.15) is 0 Å². The summed E-state index contributed by atoms with van der Waals surface area (Å²) in [5.74, 6) is -0.543. The first-order chi connectivity index (χ1) is 14.4. The maximum Gasteiger partial charge on any atom is 0.419 e. The number of morpholine rings is 1. The average Bonchev–Trinajstić information content (AvgIpc) is 3.03. The van der Waals surface area contributed by atoms with Crippen LogP contribution in [0.5, 0.6) is 0 Å². The van der Waals surface area contributed by atoms with Gasteiger partial charge in [-0.25, -0.2) is 17.9 Å². The van der Waals surface area contributed by atoms with Crippen LogP contribution in [0.15, 0.2) is 56.6 Å². The van der Waals surface area contributed by atoms with Gasteiger partial charge in [0.2, 0.25) is 10.0 Å². The van der Waals surface area contributed by atoms with E-state index in [0.29, 0.717) is 36.8 Å². The molecule has 30 heavy (non-hydrogen) atoms. The highest BCUT2D eigenvalue weighted by molar-refractivity contribution is 7.89. The second kappa shape index (κ2) is 8.52. The predicted molar refractivity (Wildman–Crippen MR) is 113 cm³/mol. The Hall–Kier alpha value is -2.17. The Morgan fingerprint density at radius 3 is 2.63 bits per heavy atom. The number of nitrogens with one attached hydrogen (secondary N) is 1. The second-order valence-corrected chi connectivity index (χ2v) is 9.27. The van der Waals surface area contributed by atoms with Gasteiger partial charge in [0.15, 0.2) is 5.58 Å². The van der Waals surface area contributed by atoms with Gasteiger partial charge in [0.1, 0.15) is 0 Å². The van der Waals surface area contributed by atoms with Crippen molar-refractivity contribution in [2.75, 3.05) is 32.8 Å². The number of fused-ring (bicyclic) bond motifs is 1. The molecule has 1 aromatic heterocycles. The summed E-state index contributed by atoms with van der Waals surface area (Å²) in [6, 6.07) is 11.6. The Labute approximate surface area is 179 Å². The number of aromatic nitrogens is 1. The van der Waals surface area contributed by atoms with Crippen LogP contribution in [0.1, 0.15) is 11.6 Å². The Morgan fingerprint density at radius 1 is 1.17 bits per heavy atom. The van der Waals surface area contributed by atoms with Crippen molar-refractivity contribution in [3.8, 4) is 0 Å². The number of ether oxygens (including phenoxy) is 1. The molecule has 1 fully saturated rings. The van der Waals surface area contributed by atoms with Gasteiger partial charge in [0, 0.05) is 43.8 Å². The molecule has 1 saturated heterocycles. The van der Waals surface area contributed by atoms with Crippen molar-refractivity contribution in [1.29, 1.82) is 0 Å². The third kappa shape index (κ3) is 4.17. The molecule has 3 aromatic rings. The molecule has 2 heterocycles. The van der Waals surface area contributed by atoms with Crippen molar-refractivity contribution in [3.63, 3.8) is 0 Å². The van der Waals surface area contributed by atoms with Gasteiger partial charge >= 0.3 is 5.76 Å². The number of hydrogen-bond donors (Lipinski definition) is 1. The number of sulfonamides is 1. The van der Waals surface area contributed by atoms with Crippen molar-refractivity contribution in [3.05, 3.63) is 63.6 Å². The van der Waals surface area contributed by atoms with Crippen molar-refractivity contribution in [1.82, 2.24) is 14.2 Å². The topological polar surface area (TPSA) is 93.8 Å². The van der Waals surface area contributed by atoms with Crippen molar-refractivity contribution in [2.24, 2.45) is 7.05 Å². The largest absolute Gasteiger partial charge is 0.419 e. The molecule has 8 nitrogen and oxygen atoms in total. The Balaban J connectivity index is 1.60. The summed E-state index contributed by atoms with van der Waals surface area (Å²) < 4.78 is 40.5. The van der Waals surface area contributed by atoms with Crippen LogP contribution in [0.2, 0.25) is 5.02 Å². The van der Waals surface area contributed by atoms with Crippen LogP contribution in [-0.4, -0.2) is 50.7 Å². The first kappa shape index (κ1) is 21.1. The van der Waals surface area contributed by atoms with Gasteiger partial charge in [0.05, 0.1) is 23.6 Å². The van der Waals surface area contributed by atoms with Crippen molar-refractivity contribution in [2.45, 2.75) is 10.9 Å². The van der Waals surface area contributed by atoms with Gasteiger partial charge in [-0.05, 0) is 23.8 Å². The van der Waals surface area contributed by atoms with Crippen LogP contribution in [-0.2, 0) is 21.8 Å². The molecule has 10 heteroatoms. The molecule has 0 amide bonds. The van der Waals surface area contributed by atoms with E-state index in [2.05, 4.69) is 9.62 Å². The van der Waals surface area contributed by atoms with Crippen molar-refractivity contribution < 1.29 is 17.6 Å². The Morgan fingerprint density at radius 2 is 1.90 bits per heavy atom. The molecular formula is C20H22ClN3O5S. The van der Waals surface area contributed by atoms with E-state index in [1.807, 2.05) is 18.2 Å². The molecule has 0 aliphatic carbocycles. The summed E-state index contributed by atoms with van der Waals surface area (Å²) in [5, 5.41) is 0.584. The SMILES string of the molecule is Cn1c(=O)oc2cc(S(=O)(=O)NC[C@@H](c3ccccc3Cl)N3CCOCC3)ccc21. The summed E-state index contributed by atoms with van der Waals surface area (Å²) in [6.45, 7) is 2.66. The Bertz CT molecular complexity index is 1210. The minimum absolute atomic E-state index is 0.0317. The summed E-state index contributed by atoms with van der Waals surface area (Å²) >= 11 is 6.41. The van der Waals surface area contributed by atoms with Gasteiger partial charge in [-0.3, -0.25) is 9.47 Å². The molecular weight excluding hydrogens is 430 g/mol. The number of rotatable bonds is 6. The van der Waals surface area contributed by atoms with Crippen LogP contribution in [0.25, 0.3) is 11.1 Å². The second-order valence-electron chi connectivity index (χ2n) is 7.09. The molecule has 160 valence electrons. The lowest BCUT2D eigenvalue weighted by atomic mass is 10.0. The van der Waals surface area contributed by atoms with Crippen LogP contribution in [0.3, 0.4) is 0 Å². The van der Waals surface area contributed by atoms with Gasteiger partial charge in [-0.1, -0.05) is 29.8 Å². The molecule has 1 N–H and O–H groups in total. The number of benzene rings is 2. The van der Waals surface area contributed by atoms with E-state index < -0.39 is 15.8 Å². The predicted octanol–water partition coefficient (Wildman–Crippen LogP) is 2.14. The van der Waals surface area contributed by atoms with Gasteiger partial charge in [0.25, 0.3) is 0 Å². The zero-order valence-electron chi connectivity index (χ0n) is 16.4. The molecule has 2 aromatic carbocycles. The maximum absolute atomic E-state index is 13.0. The van der Waals surface area contributed by atoms with Crippen molar-refractivity contribution >= 4 is 32.7 Å². The highest BCUT2D eigenvalue weighted by atomic mass is 35.5. The molecule has 0 saturated carbocycles. The fourth-order valence-electron chi connectivity index (χ4n) is 3.62. The number of hydrogen-bond acceptors (Lipinski definition) is 6.